The van der Waals surface area contributed by atoms with Crippen LogP contribution in [0.3, 0.4) is 0 Å². The normalized spacial score (nSPS) is 10.5. The van der Waals surface area contributed by atoms with Gasteiger partial charge in [-0.25, -0.2) is 4.79 Å². The van der Waals surface area contributed by atoms with E-state index < -0.39 is 6.09 Å². The molecule has 0 radical (unpaired) electrons. The van der Waals surface area contributed by atoms with Crippen molar-refractivity contribution in [1.29, 1.82) is 0 Å². The van der Waals surface area contributed by atoms with Gasteiger partial charge in [0.1, 0.15) is 0 Å². The average molecular weight is 308 g/mol. The van der Waals surface area contributed by atoms with Crippen molar-refractivity contribution < 1.29 is 14.3 Å². The summed E-state index contributed by atoms with van der Waals surface area (Å²) in [6, 6.07) is 16.2. The van der Waals surface area contributed by atoms with Crippen LogP contribution < -0.4 is 5.32 Å². The fraction of sp³-hybridized carbons (Fsp3) is 0.111. The lowest BCUT2D eigenvalue weighted by atomic mass is 10.2. The first-order valence-electron chi connectivity index (χ1n) is 7.34. The molecule has 0 aliphatic carbocycles. The molecular weight excluding hydrogens is 292 g/mol. The van der Waals surface area contributed by atoms with Gasteiger partial charge in [-0.05, 0) is 31.2 Å². The summed E-state index contributed by atoms with van der Waals surface area (Å²) < 4.78 is 6.45. The topological polar surface area (TPSA) is 60.3 Å². The summed E-state index contributed by atoms with van der Waals surface area (Å²) in [5.41, 5.74) is 1.74. The van der Waals surface area contributed by atoms with Gasteiger partial charge in [-0.1, -0.05) is 30.3 Å². The minimum absolute atomic E-state index is 0.227. The van der Waals surface area contributed by atoms with Crippen LogP contribution in [0.15, 0.2) is 60.8 Å². The van der Waals surface area contributed by atoms with E-state index in [2.05, 4.69) is 5.32 Å². The highest BCUT2D eigenvalue weighted by atomic mass is 16.5. The number of carbonyl (C=O) groups is 2. The number of benzene rings is 2. The Kier molecular flexibility index (Phi) is 4.10. The third kappa shape index (κ3) is 2.94. The molecule has 0 fully saturated rings. The monoisotopic (exact) mass is 308 g/mol. The van der Waals surface area contributed by atoms with E-state index in [9.17, 15) is 9.59 Å². The van der Waals surface area contributed by atoms with E-state index in [-0.39, 0.29) is 12.5 Å². The van der Waals surface area contributed by atoms with Gasteiger partial charge in [-0.15, -0.1) is 0 Å². The molecule has 5 nitrogen and oxygen atoms in total. The number of anilines is 1. The van der Waals surface area contributed by atoms with Crippen molar-refractivity contribution in [2.24, 2.45) is 0 Å². The number of nitrogens with zero attached hydrogens (tertiary/aromatic N) is 1. The van der Waals surface area contributed by atoms with Crippen LogP contribution in [-0.2, 0) is 4.74 Å². The summed E-state index contributed by atoms with van der Waals surface area (Å²) in [5, 5.41) is 3.71. The smallest absolute Gasteiger partial charge is 0.418 e. The molecular formula is C18H16N2O3. The number of aromatic nitrogens is 1. The minimum Gasteiger partial charge on any atom is -0.449 e. The van der Waals surface area contributed by atoms with Gasteiger partial charge in [0.2, 0.25) is 0 Å². The SMILES string of the molecule is CCOC(=O)n1ccc2cccc(NC(=O)c3ccccc3)c21. The molecule has 0 aliphatic heterocycles. The van der Waals surface area contributed by atoms with Crippen molar-refractivity contribution in [3.8, 4) is 0 Å². The number of ether oxygens (including phenoxy) is 1. The molecule has 0 saturated heterocycles. The fourth-order valence-corrected chi connectivity index (χ4v) is 2.42. The maximum Gasteiger partial charge on any atom is 0.418 e. The lowest BCUT2D eigenvalue weighted by molar-refractivity contribution is 0.102. The predicted octanol–water partition coefficient (Wildman–Crippen LogP) is 3.90. The molecule has 0 unspecified atom stereocenters. The third-order valence-electron chi connectivity index (χ3n) is 3.46. The number of hydrogen-bond acceptors (Lipinski definition) is 3. The van der Waals surface area contributed by atoms with Gasteiger partial charge in [0.15, 0.2) is 0 Å². The number of carbonyl (C=O) groups excluding carboxylic acids is 2. The molecule has 116 valence electrons. The van der Waals surface area contributed by atoms with Gasteiger partial charge in [0.05, 0.1) is 17.8 Å². The van der Waals surface area contributed by atoms with Crippen LogP contribution in [0.1, 0.15) is 17.3 Å². The Hall–Kier alpha value is -3.08. The number of fused-ring (bicyclic) bond motifs is 1. The number of para-hydroxylation sites is 1. The zero-order chi connectivity index (χ0) is 16.2. The van der Waals surface area contributed by atoms with E-state index in [1.165, 1.54) is 4.57 Å². The highest BCUT2D eigenvalue weighted by Gasteiger charge is 2.15. The zero-order valence-corrected chi connectivity index (χ0v) is 12.7. The zero-order valence-electron chi connectivity index (χ0n) is 12.7. The summed E-state index contributed by atoms with van der Waals surface area (Å²) in [4.78, 5) is 24.4. The third-order valence-corrected chi connectivity index (χ3v) is 3.46. The van der Waals surface area contributed by atoms with Crippen molar-refractivity contribution in [2.45, 2.75) is 6.92 Å². The molecule has 3 rings (SSSR count). The van der Waals surface area contributed by atoms with Gasteiger partial charge in [-0.3, -0.25) is 9.36 Å². The second kappa shape index (κ2) is 6.36. The Morgan fingerprint density at radius 3 is 2.57 bits per heavy atom. The number of hydrogen-bond donors (Lipinski definition) is 1. The number of amides is 1. The van der Waals surface area contributed by atoms with Gasteiger partial charge >= 0.3 is 6.09 Å². The maximum atomic E-state index is 12.3. The van der Waals surface area contributed by atoms with Crippen molar-refractivity contribution in [3.05, 3.63) is 66.4 Å². The van der Waals surface area contributed by atoms with Crippen LogP contribution in [0.4, 0.5) is 10.5 Å². The van der Waals surface area contributed by atoms with Crippen LogP contribution in [-0.4, -0.2) is 23.2 Å². The van der Waals surface area contributed by atoms with E-state index in [0.717, 1.165) is 5.39 Å². The Balaban J connectivity index is 1.99. The lowest BCUT2D eigenvalue weighted by Gasteiger charge is -2.10. The first-order chi connectivity index (χ1) is 11.2. The molecule has 0 spiro atoms. The molecule has 5 heteroatoms. The molecule has 1 heterocycles. The quantitative estimate of drug-likeness (QED) is 0.798. The number of rotatable bonds is 3. The first-order valence-corrected chi connectivity index (χ1v) is 7.34. The molecule has 1 N–H and O–H groups in total. The molecule has 0 atom stereocenters. The van der Waals surface area contributed by atoms with Gasteiger partial charge in [-0.2, -0.15) is 0 Å². The van der Waals surface area contributed by atoms with Crippen molar-refractivity contribution in [2.75, 3.05) is 11.9 Å². The molecule has 23 heavy (non-hydrogen) atoms. The van der Waals surface area contributed by atoms with Crippen LogP contribution in [0.2, 0.25) is 0 Å². The molecule has 2 aromatic carbocycles. The molecule has 0 saturated carbocycles. The minimum atomic E-state index is -0.469. The second-order valence-electron chi connectivity index (χ2n) is 4.95. The van der Waals surface area contributed by atoms with E-state index in [0.29, 0.717) is 16.8 Å². The summed E-state index contributed by atoms with van der Waals surface area (Å²) in [6.45, 7) is 2.04. The highest BCUT2D eigenvalue weighted by molar-refractivity contribution is 6.09. The maximum absolute atomic E-state index is 12.3. The van der Waals surface area contributed by atoms with Crippen LogP contribution in [0.25, 0.3) is 10.9 Å². The number of nitrogens with one attached hydrogen (secondary N) is 1. The summed E-state index contributed by atoms with van der Waals surface area (Å²) in [5.74, 6) is -0.227. The lowest BCUT2D eigenvalue weighted by Crippen LogP contribution is -2.16. The second-order valence-corrected chi connectivity index (χ2v) is 4.95. The molecule has 1 amide bonds. The van der Waals surface area contributed by atoms with Crippen LogP contribution in [0.5, 0.6) is 0 Å². The molecule has 3 aromatic rings. The Morgan fingerprint density at radius 2 is 1.83 bits per heavy atom. The van der Waals surface area contributed by atoms with E-state index in [4.69, 9.17) is 4.74 Å². The van der Waals surface area contributed by atoms with Gasteiger partial charge < -0.3 is 10.1 Å². The van der Waals surface area contributed by atoms with E-state index >= 15 is 0 Å². The van der Waals surface area contributed by atoms with Crippen LogP contribution in [0, 0.1) is 0 Å². The summed E-state index contributed by atoms with van der Waals surface area (Å²) >= 11 is 0. The standard InChI is InChI=1S/C18H16N2O3/c1-2-23-18(22)20-12-11-13-9-6-10-15(16(13)20)19-17(21)14-7-4-3-5-8-14/h3-12H,2H2,1H3,(H,19,21). The largest absolute Gasteiger partial charge is 0.449 e. The van der Waals surface area contributed by atoms with Gasteiger partial charge in [0.25, 0.3) is 5.91 Å². The van der Waals surface area contributed by atoms with E-state index in [1.807, 2.05) is 24.3 Å². The molecule has 1 aromatic heterocycles. The summed E-state index contributed by atoms with van der Waals surface area (Å²) in [7, 11) is 0. The van der Waals surface area contributed by atoms with Crippen molar-refractivity contribution in [1.82, 2.24) is 4.57 Å². The first kappa shape index (κ1) is 14.8. The van der Waals surface area contributed by atoms with E-state index in [1.54, 1.807) is 43.5 Å². The Bertz CT molecular complexity index is 853. The Labute approximate surface area is 133 Å². The molecule has 0 aliphatic rings. The van der Waals surface area contributed by atoms with Crippen molar-refractivity contribution >= 4 is 28.6 Å². The Morgan fingerprint density at radius 1 is 1.04 bits per heavy atom. The summed E-state index contributed by atoms with van der Waals surface area (Å²) in [6.07, 6.45) is 1.17. The highest BCUT2D eigenvalue weighted by Crippen LogP contribution is 2.25. The molecule has 0 bridgehead atoms. The average Bonchev–Trinajstić information content (AvgIpc) is 3.01. The fourth-order valence-electron chi connectivity index (χ4n) is 2.42. The predicted molar refractivity (Wildman–Crippen MR) is 88.8 cm³/mol. The van der Waals surface area contributed by atoms with Crippen molar-refractivity contribution in [3.63, 3.8) is 0 Å². The van der Waals surface area contributed by atoms with Crippen LogP contribution >= 0.6 is 0 Å². The van der Waals surface area contributed by atoms with Gasteiger partial charge in [0, 0.05) is 17.1 Å².